The smallest absolute Gasteiger partial charge is 0.193 e. The predicted molar refractivity (Wildman–Crippen MR) is 113 cm³/mol. The summed E-state index contributed by atoms with van der Waals surface area (Å²) in [5.74, 6) is 1.95. The zero-order valence-corrected chi connectivity index (χ0v) is 17.4. The molecule has 1 aromatic heterocycles. The van der Waals surface area contributed by atoms with Gasteiger partial charge in [0.05, 0.1) is 18.8 Å². The Morgan fingerprint density at radius 2 is 2.14 bits per heavy atom. The van der Waals surface area contributed by atoms with Gasteiger partial charge in [0.25, 0.3) is 0 Å². The summed E-state index contributed by atoms with van der Waals surface area (Å²) in [5, 5.41) is 11.6. The van der Waals surface area contributed by atoms with Crippen molar-refractivity contribution in [3.63, 3.8) is 0 Å². The van der Waals surface area contributed by atoms with Gasteiger partial charge in [-0.25, -0.2) is 0 Å². The molecule has 2 aliphatic rings. The number of aromatic nitrogens is 3. The third-order valence-electron chi connectivity index (χ3n) is 5.80. The van der Waals surface area contributed by atoms with E-state index in [-0.39, 0.29) is 6.10 Å². The number of hydrogen-bond donors (Lipinski definition) is 1. The summed E-state index contributed by atoms with van der Waals surface area (Å²) in [6.07, 6.45) is 2.91. The fourth-order valence-corrected chi connectivity index (χ4v) is 4.31. The van der Waals surface area contributed by atoms with Gasteiger partial charge in [0.15, 0.2) is 5.96 Å². The van der Waals surface area contributed by atoms with Crippen LogP contribution in [0.2, 0.25) is 0 Å². The lowest BCUT2D eigenvalue weighted by Gasteiger charge is -2.36. The Labute approximate surface area is 172 Å². The van der Waals surface area contributed by atoms with Crippen molar-refractivity contribution in [2.45, 2.75) is 38.6 Å². The van der Waals surface area contributed by atoms with Crippen molar-refractivity contribution >= 4 is 5.96 Å². The van der Waals surface area contributed by atoms with Gasteiger partial charge in [0, 0.05) is 52.7 Å². The molecule has 29 heavy (non-hydrogen) atoms. The molecule has 0 amide bonds. The maximum atomic E-state index is 6.10. The average molecular weight is 398 g/mol. The van der Waals surface area contributed by atoms with E-state index < -0.39 is 0 Å². The monoisotopic (exact) mass is 397 g/mol. The van der Waals surface area contributed by atoms with Crippen LogP contribution in [0.25, 0.3) is 0 Å². The van der Waals surface area contributed by atoms with Gasteiger partial charge in [-0.15, -0.1) is 10.2 Å². The van der Waals surface area contributed by atoms with E-state index in [0.29, 0.717) is 6.04 Å². The number of hydrogen-bond acceptors (Lipinski definition) is 5. The van der Waals surface area contributed by atoms with Gasteiger partial charge in [-0.05, 0) is 5.56 Å². The largest absolute Gasteiger partial charge is 0.373 e. The molecule has 8 nitrogen and oxygen atoms in total. The normalized spacial score (nSPS) is 22.7. The number of benzene rings is 1. The number of guanidine groups is 1. The Kier molecular flexibility index (Phi) is 6.41. The molecule has 0 saturated carbocycles. The third-order valence-corrected chi connectivity index (χ3v) is 5.80. The topological polar surface area (TPSA) is 70.8 Å². The van der Waals surface area contributed by atoms with Crippen molar-refractivity contribution in [3.05, 3.63) is 48.0 Å². The molecular weight excluding hydrogens is 366 g/mol. The van der Waals surface area contributed by atoms with Crippen LogP contribution in [-0.2, 0) is 24.2 Å². The fraction of sp³-hybridized carbons (Fsp3) is 0.571. The van der Waals surface area contributed by atoms with E-state index in [2.05, 4.69) is 72.1 Å². The summed E-state index contributed by atoms with van der Waals surface area (Å²) >= 11 is 0. The molecule has 0 aliphatic carbocycles. The number of likely N-dealkylation sites (tertiary alicyclic amines) is 1. The molecule has 2 aromatic rings. The lowest BCUT2D eigenvalue weighted by Crippen LogP contribution is -2.50. The lowest BCUT2D eigenvalue weighted by atomic mass is 10.1. The second-order valence-electron chi connectivity index (χ2n) is 7.61. The molecule has 1 aromatic carbocycles. The Balaban J connectivity index is 1.34. The van der Waals surface area contributed by atoms with Gasteiger partial charge >= 0.3 is 0 Å². The van der Waals surface area contributed by atoms with E-state index in [0.717, 1.165) is 64.1 Å². The molecule has 3 heterocycles. The molecule has 0 radical (unpaired) electrons. The van der Waals surface area contributed by atoms with E-state index in [9.17, 15) is 0 Å². The van der Waals surface area contributed by atoms with E-state index in [1.807, 2.05) is 7.05 Å². The molecule has 2 saturated heterocycles. The SMILES string of the molecule is CCc1nncn1CCNC(=NC)N1CC2OCCN(Cc3ccccc3)C2C1. The first-order valence-corrected chi connectivity index (χ1v) is 10.5. The van der Waals surface area contributed by atoms with Gasteiger partial charge in [0.1, 0.15) is 12.2 Å². The number of ether oxygens (including phenoxy) is 1. The first kappa shape index (κ1) is 19.8. The standard InChI is InChI=1S/C21H31N7O/c1-3-20-25-24-16-27(20)10-9-23-21(22-2)28-14-18-19(15-28)29-12-11-26(18)13-17-7-5-4-6-8-17/h4-8,16,18-19H,3,9-15H2,1-2H3,(H,22,23). The van der Waals surface area contributed by atoms with Crippen molar-refractivity contribution in [1.29, 1.82) is 0 Å². The summed E-state index contributed by atoms with van der Waals surface area (Å²) in [6, 6.07) is 11.1. The van der Waals surface area contributed by atoms with Crippen LogP contribution < -0.4 is 5.32 Å². The van der Waals surface area contributed by atoms with Crippen molar-refractivity contribution in [2.24, 2.45) is 4.99 Å². The lowest BCUT2D eigenvalue weighted by molar-refractivity contribution is -0.0502. The summed E-state index contributed by atoms with van der Waals surface area (Å²) in [6.45, 7) is 8.26. The molecular formula is C21H31N7O. The second-order valence-corrected chi connectivity index (χ2v) is 7.61. The Bertz CT molecular complexity index is 806. The van der Waals surface area contributed by atoms with Gasteiger partial charge < -0.3 is 19.5 Å². The maximum absolute atomic E-state index is 6.10. The Hall–Kier alpha value is -2.45. The molecule has 2 unspecified atom stereocenters. The molecule has 4 rings (SSSR count). The highest BCUT2D eigenvalue weighted by Gasteiger charge is 2.41. The fourth-order valence-electron chi connectivity index (χ4n) is 4.31. The Morgan fingerprint density at radius 3 is 2.93 bits per heavy atom. The van der Waals surface area contributed by atoms with Crippen molar-refractivity contribution in [1.82, 2.24) is 29.9 Å². The molecule has 1 N–H and O–H groups in total. The van der Waals surface area contributed by atoms with Gasteiger partial charge in [-0.1, -0.05) is 37.3 Å². The highest BCUT2D eigenvalue weighted by Crippen LogP contribution is 2.24. The van der Waals surface area contributed by atoms with E-state index in [4.69, 9.17) is 4.74 Å². The highest BCUT2D eigenvalue weighted by molar-refractivity contribution is 5.80. The minimum absolute atomic E-state index is 0.232. The van der Waals surface area contributed by atoms with Crippen LogP contribution in [0.15, 0.2) is 41.7 Å². The maximum Gasteiger partial charge on any atom is 0.193 e. The highest BCUT2D eigenvalue weighted by atomic mass is 16.5. The number of nitrogens with zero attached hydrogens (tertiary/aromatic N) is 6. The van der Waals surface area contributed by atoms with Crippen molar-refractivity contribution in [2.75, 3.05) is 39.8 Å². The van der Waals surface area contributed by atoms with E-state index >= 15 is 0 Å². The van der Waals surface area contributed by atoms with Crippen molar-refractivity contribution in [3.8, 4) is 0 Å². The number of nitrogens with one attached hydrogen (secondary N) is 1. The zero-order chi connectivity index (χ0) is 20.1. The quantitative estimate of drug-likeness (QED) is 0.579. The Morgan fingerprint density at radius 1 is 1.28 bits per heavy atom. The molecule has 2 aliphatic heterocycles. The molecule has 156 valence electrons. The van der Waals surface area contributed by atoms with Crippen LogP contribution in [0.3, 0.4) is 0 Å². The molecule has 0 spiro atoms. The second kappa shape index (κ2) is 9.37. The molecule has 2 fully saturated rings. The van der Waals surface area contributed by atoms with E-state index in [1.54, 1.807) is 6.33 Å². The number of aliphatic imine (C=N–C) groups is 1. The summed E-state index contributed by atoms with van der Waals surface area (Å²) < 4.78 is 8.19. The summed E-state index contributed by atoms with van der Waals surface area (Å²) in [7, 11) is 1.85. The minimum Gasteiger partial charge on any atom is -0.373 e. The summed E-state index contributed by atoms with van der Waals surface area (Å²) in [5.41, 5.74) is 1.36. The third kappa shape index (κ3) is 4.59. The van der Waals surface area contributed by atoms with Crippen LogP contribution in [0.5, 0.6) is 0 Å². The number of aryl methyl sites for hydroxylation is 1. The van der Waals surface area contributed by atoms with Crippen LogP contribution in [0.4, 0.5) is 0 Å². The molecule has 2 atom stereocenters. The average Bonchev–Trinajstić information content (AvgIpc) is 3.39. The molecule has 8 heteroatoms. The van der Waals surface area contributed by atoms with Gasteiger partial charge in [-0.3, -0.25) is 9.89 Å². The van der Waals surface area contributed by atoms with E-state index in [1.165, 1.54) is 5.56 Å². The number of fused-ring (bicyclic) bond motifs is 1. The van der Waals surface area contributed by atoms with Gasteiger partial charge in [0.2, 0.25) is 0 Å². The first-order valence-electron chi connectivity index (χ1n) is 10.5. The number of morpholine rings is 1. The molecule has 0 bridgehead atoms. The number of rotatable bonds is 6. The van der Waals surface area contributed by atoms with Crippen LogP contribution in [0.1, 0.15) is 18.3 Å². The minimum atomic E-state index is 0.232. The van der Waals surface area contributed by atoms with Crippen LogP contribution >= 0.6 is 0 Å². The predicted octanol–water partition coefficient (Wildman–Crippen LogP) is 1.00. The zero-order valence-electron chi connectivity index (χ0n) is 17.4. The van der Waals surface area contributed by atoms with Crippen molar-refractivity contribution < 1.29 is 4.74 Å². The van der Waals surface area contributed by atoms with Crippen LogP contribution in [0, 0.1) is 0 Å². The summed E-state index contributed by atoms with van der Waals surface area (Å²) in [4.78, 5) is 9.40. The van der Waals surface area contributed by atoms with Gasteiger partial charge in [-0.2, -0.15) is 0 Å². The van der Waals surface area contributed by atoms with Crippen LogP contribution in [-0.4, -0.2) is 82.5 Å². The first-order chi connectivity index (χ1) is 14.3.